The molecule has 1 aliphatic rings. The van der Waals surface area contributed by atoms with E-state index in [-0.39, 0.29) is 16.8 Å². The smallest absolute Gasteiger partial charge is 0.251 e. The van der Waals surface area contributed by atoms with E-state index in [1.54, 1.807) is 22.5 Å². The first-order valence-corrected chi connectivity index (χ1v) is 13.0. The normalized spacial score (nSPS) is 14.9. The van der Waals surface area contributed by atoms with Gasteiger partial charge in [-0.05, 0) is 43.2 Å². The third-order valence-corrected chi connectivity index (χ3v) is 7.90. The van der Waals surface area contributed by atoms with Crippen LogP contribution in [0.3, 0.4) is 0 Å². The van der Waals surface area contributed by atoms with E-state index in [1.807, 2.05) is 34.9 Å². The molecule has 1 saturated heterocycles. The Hall–Kier alpha value is -3.57. The van der Waals surface area contributed by atoms with E-state index in [1.165, 1.54) is 6.92 Å². The molecule has 0 atom stereocenters. The highest BCUT2D eigenvalue weighted by Crippen LogP contribution is 2.30. The predicted octanol–water partition coefficient (Wildman–Crippen LogP) is 3.19. The van der Waals surface area contributed by atoms with E-state index in [9.17, 15) is 13.2 Å². The van der Waals surface area contributed by atoms with Crippen LogP contribution in [-0.4, -0.2) is 58.1 Å². The zero-order valence-electron chi connectivity index (χ0n) is 19.3. The van der Waals surface area contributed by atoms with E-state index in [0.717, 1.165) is 30.5 Å². The highest BCUT2D eigenvalue weighted by molar-refractivity contribution is 7.89. The molecular formula is C24H26N6O4S. The number of carbonyl (C=O) groups excluding carboxylic acids is 1. The number of hydrogen-bond acceptors (Lipinski definition) is 7. The maximum atomic E-state index is 13.3. The Morgan fingerprint density at radius 1 is 1.06 bits per heavy atom. The second-order valence-electron chi connectivity index (χ2n) is 8.45. The first-order chi connectivity index (χ1) is 16.9. The third kappa shape index (κ3) is 4.69. The molecule has 0 bridgehead atoms. The second kappa shape index (κ2) is 9.59. The Balaban J connectivity index is 1.56. The van der Waals surface area contributed by atoms with Crippen molar-refractivity contribution in [2.24, 2.45) is 0 Å². The standard InChI is InChI=1S/C24H26N6O4S/c1-17(31)25-24-26-23-22(27-28-24)20-16-19(35(32,33)29-12-6-3-7-13-29)10-11-21(20)30(23)14-15-34-18-8-4-2-5-9-18/h2,4-5,8-11,16H,3,6-7,12-15H2,1H3,(H,25,26,28,31). The number of sulfonamides is 1. The number of anilines is 1. The van der Waals surface area contributed by atoms with Crippen LogP contribution in [0.5, 0.6) is 5.75 Å². The summed E-state index contributed by atoms with van der Waals surface area (Å²) in [6, 6.07) is 14.5. The van der Waals surface area contributed by atoms with Crippen molar-refractivity contribution in [3.05, 3.63) is 48.5 Å². The van der Waals surface area contributed by atoms with Crippen molar-refractivity contribution in [1.29, 1.82) is 0 Å². The summed E-state index contributed by atoms with van der Waals surface area (Å²) < 4.78 is 35.9. The van der Waals surface area contributed by atoms with E-state index in [2.05, 4.69) is 20.5 Å². The van der Waals surface area contributed by atoms with E-state index in [4.69, 9.17) is 4.74 Å². The maximum Gasteiger partial charge on any atom is 0.251 e. The lowest BCUT2D eigenvalue weighted by molar-refractivity contribution is -0.114. The number of para-hydroxylation sites is 1. The summed E-state index contributed by atoms with van der Waals surface area (Å²) in [7, 11) is -3.62. The molecule has 2 aromatic heterocycles. The first-order valence-electron chi connectivity index (χ1n) is 11.6. The van der Waals surface area contributed by atoms with Crippen molar-refractivity contribution in [2.45, 2.75) is 37.6 Å². The molecular weight excluding hydrogens is 468 g/mol. The van der Waals surface area contributed by atoms with E-state index < -0.39 is 10.0 Å². The molecule has 4 aromatic rings. The van der Waals surface area contributed by atoms with Gasteiger partial charge in [-0.15, -0.1) is 10.2 Å². The molecule has 0 saturated carbocycles. The van der Waals surface area contributed by atoms with Gasteiger partial charge in [-0.25, -0.2) is 8.42 Å². The zero-order chi connectivity index (χ0) is 24.4. The molecule has 35 heavy (non-hydrogen) atoms. The van der Waals surface area contributed by atoms with Gasteiger partial charge in [0.15, 0.2) is 5.65 Å². The monoisotopic (exact) mass is 494 g/mol. The maximum absolute atomic E-state index is 13.3. The number of nitrogens with one attached hydrogen (secondary N) is 1. The molecule has 11 heteroatoms. The van der Waals surface area contributed by atoms with Gasteiger partial charge < -0.3 is 9.30 Å². The van der Waals surface area contributed by atoms with Crippen LogP contribution in [0.25, 0.3) is 22.1 Å². The van der Waals surface area contributed by atoms with Crippen LogP contribution in [0.15, 0.2) is 53.4 Å². The summed E-state index contributed by atoms with van der Waals surface area (Å²) in [4.78, 5) is 16.2. The Labute approximate surface area is 203 Å². The fourth-order valence-electron chi connectivity index (χ4n) is 4.36. The predicted molar refractivity (Wildman–Crippen MR) is 132 cm³/mol. The Bertz CT molecular complexity index is 1480. The minimum atomic E-state index is -3.62. The molecule has 2 aromatic carbocycles. The summed E-state index contributed by atoms with van der Waals surface area (Å²) in [6.07, 6.45) is 2.77. The van der Waals surface area contributed by atoms with Crippen LogP contribution in [0.4, 0.5) is 5.95 Å². The molecule has 0 unspecified atom stereocenters. The number of piperidine rings is 1. The van der Waals surface area contributed by atoms with Crippen molar-refractivity contribution in [1.82, 2.24) is 24.1 Å². The largest absolute Gasteiger partial charge is 0.492 e. The molecule has 0 radical (unpaired) electrons. The number of benzene rings is 2. The number of nitrogens with zero attached hydrogens (tertiary/aromatic N) is 5. The molecule has 0 spiro atoms. The van der Waals surface area contributed by atoms with Crippen LogP contribution in [0, 0.1) is 0 Å². The van der Waals surface area contributed by atoms with Crippen molar-refractivity contribution in [3.63, 3.8) is 0 Å². The summed E-state index contributed by atoms with van der Waals surface area (Å²) in [5.41, 5.74) is 1.71. The molecule has 5 rings (SSSR count). The van der Waals surface area contributed by atoms with Crippen molar-refractivity contribution in [3.8, 4) is 5.75 Å². The summed E-state index contributed by atoms with van der Waals surface area (Å²) in [5.74, 6) is 0.519. The van der Waals surface area contributed by atoms with Crippen LogP contribution in [-0.2, 0) is 21.4 Å². The average Bonchev–Trinajstić information content (AvgIpc) is 3.17. The van der Waals surface area contributed by atoms with Gasteiger partial charge >= 0.3 is 0 Å². The molecule has 10 nitrogen and oxygen atoms in total. The molecule has 1 amide bonds. The zero-order valence-corrected chi connectivity index (χ0v) is 20.2. The number of rotatable bonds is 7. The Morgan fingerprint density at radius 2 is 1.83 bits per heavy atom. The van der Waals surface area contributed by atoms with Gasteiger partial charge in [0.05, 0.1) is 17.0 Å². The lowest BCUT2D eigenvalue weighted by Crippen LogP contribution is -2.35. The van der Waals surface area contributed by atoms with Crippen LogP contribution in [0.2, 0.25) is 0 Å². The Kier molecular flexibility index (Phi) is 6.35. The minimum Gasteiger partial charge on any atom is -0.492 e. The highest BCUT2D eigenvalue weighted by atomic mass is 32.2. The highest BCUT2D eigenvalue weighted by Gasteiger charge is 2.27. The van der Waals surface area contributed by atoms with Crippen LogP contribution < -0.4 is 10.1 Å². The minimum absolute atomic E-state index is 0.0826. The molecule has 3 heterocycles. The number of carbonyl (C=O) groups is 1. The average molecular weight is 495 g/mol. The number of ether oxygens (including phenoxy) is 1. The van der Waals surface area contributed by atoms with E-state index in [0.29, 0.717) is 42.8 Å². The Morgan fingerprint density at radius 3 is 2.57 bits per heavy atom. The van der Waals surface area contributed by atoms with Gasteiger partial charge in [0, 0.05) is 25.4 Å². The quantitative estimate of drug-likeness (QED) is 0.419. The van der Waals surface area contributed by atoms with Crippen LogP contribution in [0.1, 0.15) is 26.2 Å². The topological polar surface area (TPSA) is 119 Å². The number of hydrogen-bond donors (Lipinski definition) is 1. The van der Waals surface area contributed by atoms with E-state index >= 15 is 0 Å². The molecule has 182 valence electrons. The van der Waals surface area contributed by atoms with Crippen molar-refractivity contribution < 1.29 is 17.9 Å². The molecule has 1 aliphatic heterocycles. The first kappa shape index (κ1) is 23.2. The fraction of sp³-hybridized carbons (Fsp3) is 0.333. The van der Waals surface area contributed by atoms with Gasteiger partial charge in [0.1, 0.15) is 17.9 Å². The van der Waals surface area contributed by atoms with Crippen molar-refractivity contribution in [2.75, 3.05) is 25.0 Å². The molecule has 0 aliphatic carbocycles. The number of fused-ring (bicyclic) bond motifs is 3. The molecule has 1 fully saturated rings. The lowest BCUT2D eigenvalue weighted by atomic mass is 10.2. The van der Waals surface area contributed by atoms with Gasteiger partial charge in [0.2, 0.25) is 15.9 Å². The summed E-state index contributed by atoms with van der Waals surface area (Å²) in [6.45, 7) is 3.22. The molecule has 1 N–H and O–H groups in total. The van der Waals surface area contributed by atoms with Gasteiger partial charge in [-0.3, -0.25) is 10.1 Å². The third-order valence-electron chi connectivity index (χ3n) is 6.01. The second-order valence-corrected chi connectivity index (χ2v) is 10.4. The van der Waals surface area contributed by atoms with Gasteiger partial charge in [-0.1, -0.05) is 24.6 Å². The fourth-order valence-corrected chi connectivity index (χ4v) is 5.90. The lowest BCUT2D eigenvalue weighted by Gasteiger charge is -2.25. The SMILES string of the molecule is CC(=O)Nc1nnc2c3cc(S(=O)(=O)N4CCCCC4)ccc3n(CCOc3ccccc3)c2n1. The van der Waals surface area contributed by atoms with Crippen molar-refractivity contribution >= 4 is 43.9 Å². The summed E-state index contributed by atoms with van der Waals surface area (Å²) >= 11 is 0. The van der Waals surface area contributed by atoms with Gasteiger partial charge in [0.25, 0.3) is 5.95 Å². The number of aromatic nitrogens is 4. The van der Waals surface area contributed by atoms with Crippen LogP contribution >= 0.6 is 0 Å². The van der Waals surface area contributed by atoms with Gasteiger partial charge in [-0.2, -0.15) is 9.29 Å². The summed E-state index contributed by atoms with van der Waals surface area (Å²) in [5, 5.41) is 11.5. The number of amides is 1.